The normalized spacial score (nSPS) is 12.5. The Morgan fingerprint density at radius 2 is 1.86 bits per heavy atom. The van der Waals surface area contributed by atoms with E-state index in [4.69, 9.17) is 10.5 Å². The summed E-state index contributed by atoms with van der Waals surface area (Å²) in [7, 11) is 0. The highest BCUT2D eigenvalue weighted by atomic mass is 32.1. The van der Waals surface area contributed by atoms with Crippen LogP contribution in [0.4, 0.5) is 18.3 Å². The second-order valence-corrected chi connectivity index (χ2v) is 5.76. The van der Waals surface area contributed by atoms with Crippen LogP contribution in [0.2, 0.25) is 0 Å². The largest absolute Gasteiger partial charge is 0.486 e. The van der Waals surface area contributed by atoms with Crippen molar-refractivity contribution in [2.45, 2.75) is 13.0 Å². The van der Waals surface area contributed by atoms with Crippen LogP contribution in [0.5, 0.6) is 5.75 Å². The predicted octanol–water partition coefficient (Wildman–Crippen LogP) is 4.44. The number of benzene rings is 2. The lowest BCUT2D eigenvalue weighted by atomic mass is 10.1. The Kier molecular flexibility index (Phi) is 3.66. The van der Waals surface area contributed by atoms with E-state index in [0.717, 1.165) is 16.8 Å². The third-order valence-corrected chi connectivity index (χ3v) is 4.02. The van der Waals surface area contributed by atoms with Crippen LogP contribution in [0.1, 0.15) is 18.6 Å². The van der Waals surface area contributed by atoms with E-state index in [2.05, 4.69) is 4.98 Å². The Morgan fingerprint density at radius 1 is 1.14 bits per heavy atom. The summed E-state index contributed by atoms with van der Waals surface area (Å²) < 4.78 is 47.1. The van der Waals surface area contributed by atoms with Gasteiger partial charge in [0.2, 0.25) is 0 Å². The first-order chi connectivity index (χ1) is 10.5. The van der Waals surface area contributed by atoms with Gasteiger partial charge in [-0.2, -0.15) is 0 Å². The Labute approximate surface area is 128 Å². The number of anilines is 1. The molecule has 3 nitrogen and oxygen atoms in total. The van der Waals surface area contributed by atoms with Crippen LogP contribution in [0.15, 0.2) is 30.3 Å². The summed E-state index contributed by atoms with van der Waals surface area (Å²) in [5.74, 6) is -2.81. The number of hydrogen-bond donors (Lipinski definition) is 1. The second-order valence-electron chi connectivity index (χ2n) is 4.70. The average molecular weight is 324 g/mol. The predicted molar refractivity (Wildman–Crippen MR) is 79.4 cm³/mol. The summed E-state index contributed by atoms with van der Waals surface area (Å²) in [4.78, 5) is 4.10. The lowest BCUT2D eigenvalue weighted by Crippen LogP contribution is -2.09. The highest BCUT2D eigenvalue weighted by Gasteiger charge is 2.21. The molecule has 0 saturated heterocycles. The summed E-state index contributed by atoms with van der Waals surface area (Å²) in [6, 6.07) is 6.61. The summed E-state index contributed by atoms with van der Waals surface area (Å²) in [6.07, 6.45) is -0.988. The first-order valence-electron chi connectivity index (χ1n) is 6.42. The van der Waals surface area contributed by atoms with Gasteiger partial charge < -0.3 is 10.5 Å². The van der Waals surface area contributed by atoms with Gasteiger partial charge >= 0.3 is 0 Å². The number of ether oxygens (including phenoxy) is 1. The van der Waals surface area contributed by atoms with Crippen molar-refractivity contribution < 1.29 is 17.9 Å². The van der Waals surface area contributed by atoms with Gasteiger partial charge in [0, 0.05) is 0 Å². The zero-order chi connectivity index (χ0) is 15.9. The van der Waals surface area contributed by atoms with Gasteiger partial charge in [-0.25, -0.2) is 18.2 Å². The Hall–Kier alpha value is -2.28. The van der Waals surface area contributed by atoms with Crippen molar-refractivity contribution in [1.82, 2.24) is 4.98 Å². The Bertz CT molecular complexity index is 850. The van der Waals surface area contributed by atoms with Gasteiger partial charge in [-0.1, -0.05) is 11.3 Å². The number of fused-ring (bicyclic) bond motifs is 1. The minimum atomic E-state index is -1.24. The van der Waals surface area contributed by atoms with Gasteiger partial charge in [-0.05, 0) is 37.3 Å². The molecule has 3 rings (SSSR count). The third-order valence-electron chi connectivity index (χ3n) is 3.18. The topological polar surface area (TPSA) is 48.1 Å². The van der Waals surface area contributed by atoms with E-state index in [1.807, 2.05) is 0 Å². The quantitative estimate of drug-likeness (QED) is 0.725. The number of nitrogen functional groups attached to an aromatic ring is 1. The molecule has 114 valence electrons. The van der Waals surface area contributed by atoms with Gasteiger partial charge in [-0.3, -0.25) is 0 Å². The molecular formula is C15H11F3N2OS. The molecule has 22 heavy (non-hydrogen) atoms. The van der Waals surface area contributed by atoms with Gasteiger partial charge in [0.25, 0.3) is 0 Å². The minimum Gasteiger partial charge on any atom is -0.486 e. The molecule has 3 aromatic rings. The fraction of sp³-hybridized carbons (Fsp3) is 0.133. The standard InChI is InChI=1S/C15H11F3N2OS/c1-7(13-9(16)3-4-10(17)14(13)18)21-8-2-5-11-12(6-8)22-15(19)20-11/h2-7H,1H3,(H2,19,20). The molecule has 1 atom stereocenters. The number of nitrogens with zero attached hydrogens (tertiary/aromatic N) is 1. The van der Waals surface area contributed by atoms with Gasteiger partial charge in [0.05, 0.1) is 15.8 Å². The van der Waals surface area contributed by atoms with Crippen molar-refractivity contribution in [3.63, 3.8) is 0 Å². The number of nitrogens with two attached hydrogens (primary N) is 1. The Morgan fingerprint density at radius 3 is 2.64 bits per heavy atom. The minimum absolute atomic E-state index is 0.395. The van der Waals surface area contributed by atoms with Crippen LogP contribution in [-0.4, -0.2) is 4.98 Å². The molecule has 1 heterocycles. The van der Waals surface area contributed by atoms with E-state index in [1.165, 1.54) is 18.3 Å². The smallest absolute Gasteiger partial charge is 0.181 e. The number of halogens is 3. The van der Waals surface area contributed by atoms with Gasteiger partial charge in [0.1, 0.15) is 17.7 Å². The van der Waals surface area contributed by atoms with Gasteiger partial charge in [0.15, 0.2) is 16.8 Å². The fourth-order valence-electron chi connectivity index (χ4n) is 2.17. The van der Waals surface area contributed by atoms with Crippen LogP contribution in [-0.2, 0) is 0 Å². The zero-order valence-corrected chi connectivity index (χ0v) is 12.3. The Balaban J connectivity index is 1.92. The van der Waals surface area contributed by atoms with Crippen LogP contribution < -0.4 is 10.5 Å². The highest BCUT2D eigenvalue weighted by molar-refractivity contribution is 7.22. The van der Waals surface area contributed by atoms with Crippen molar-refractivity contribution in [3.05, 3.63) is 53.3 Å². The average Bonchev–Trinajstić information content (AvgIpc) is 2.82. The number of rotatable bonds is 3. The molecule has 0 amide bonds. The summed E-state index contributed by atoms with van der Waals surface area (Å²) in [6.45, 7) is 1.45. The fourth-order valence-corrected chi connectivity index (χ4v) is 2.94. The highest BCUT2D eigenvalue weighted by Crippen LogP contribution is 2.31. The molecule has 0 radical (unpaired) electrons. The first kappa shape index (κ1) is 14.6. The van der Waals surface area contributed by atoms with Crippen molar-refractivity contribution in [2.75, 3.05) is 5.73 Å². The third kappa shape index (κ3) is 2.59. The van der Waals surface area contributed by atoms with Crippen LogP contribution in [0, 0.1) is 17.5 Å². The van der Waals surface area contributed by atoms with Crippen LogP contribution >= 0.6 is 11.3 Å². The van der Waals surface area contributed by atoms with E-state index in [9.17, 15) is 13.2 Å². The second kappa shape index (κ2) is 5.49. The van der Waals surface area contributed by atoms with Crippen molar-refractivity contribution in [3.8, 4) is 5.75 Å². The van der Waals surface area contributed by atoms with E-state index in [-0.39, 0.29) is 0 Å². The maximum Gasteiger partial charge on any atom is 0.181 e. The van der Waals surface area contributed by atoms with Crippen molar-refractivity contribution >= 4 is 26.7 Å². The van der Waals surface area contributed by atoms with E-state index >= 15 is 0 Å². The van der Waals surface area contributed by atoms with Crippen molar-refractivity contribution in [1.29, 1.82) is 0 Å². The van der Waals surface area contributed by atoms with E-state index in [0.29, 0.717) is 16.4 Å². The molecule has 0 aliphatic rings. The molecule has 0 bridgehead atoms. The molecular weight excluding hydrogens is 313 g/mol. The molecule has 1 aromatic heterocycles. The summed E-state index contributed by atoms with van der Waals surface area (Å²) in [5.41, 5.74) is 5.89. The van der Waals surface area contributed by atoms with Crippen LogP contribution in [0.25, 0.3) is 10.2 Å². The summed E-state index contributed by atoms with van der Waals surface area (Å²) >= 11 is 1.28. The maximum atomic E-state index is 13.8. The van der Waals surface area contributed by atoms with E-state index < -0.39 is 29.1 Å². The maximum absolute atomic E-state index is 13.8. The number of hydrogen-bond acceptors (Lipinski definition) is 4. The summed E-state index contributed by atoms with van der Waals surface area (Å²) in [5, 5.41) is 0.419. The molecule has 0 aliphatic carbocycles. The molecule has 7 heteroatoms. The van der Waals surface area contributed by atoms with Gasteiger partial charge in [-0.15, -0.1) is 0 Å². The monoisotopic (exact) mass is 324 g/mol. The molecule has 0 fully saturated rings. The molecule has 0 aliphatic heterocycles. The molecule has 2 N–H and O–H groups in total. The van der Waals surface area contributed by atoms with Crippen LogP contribution in [0.3, 0.4) is 0 Å². The molecule has 2 aromatic carbocycles. The molecule has 0 saturated carbocycles. The van der Waals surface area contributed by atoms with Crippen molar-refractivity contribution in [2.24, 2.45) is 0 Å². The molecule has 0 spiro atoms. The first-order valence-corrected chi connectivity index (χ1v) is 7.23. The zero-order valence-electron chi connectivity index (χ0n) is 11.4. The number of thiazole rings is 1. The SMILES string of the molecule is CC(Oc1ccc2nc(N)sc2c1)c1c(F)ccc(F)c1F. The molecule has 1 unspecified atom stereocenters. The lowest BCUT2D eigenvalue weighted by molar-refractivity contribution is 0.214. The van der Waals surface area contributed by atoms with E-state index in [1.54, 1.807) is 18.2 Å². The number of aromatic nitrogens is 1. The lowest BCUT2D eigenvalue weighted by Gasteiger charge is -2.16.